The van der Waals surface area contributed by atoms with Gasteiger partial charge in [0.25, 0.3) is 0 Å². The van der Waals surface area contributed by atoms with Gasteiger partial charge in [0.2, 0.25) is 17.7 Å². The van der Waals surface area contributed by atoms with Gasteiger partial charge in [0.1, 0.15) is 6.54 Å². The molecule has 0 bridgehead atoms. The molecular formula is C19H17Cl2N3O3S. The van der Waals surface area contributed by atoms with Crippen LogP contribution in [0, 0.1) is 0 Å². The number of thioether (sulfide) groups is 1. The molecule has 0 spiro atoms. The van der Waals surface area contributed by atoms with Gasteiger partial charge in [0.15, 0.2) is 0 Å². The Labute approximate surface area is 176 Å². The van der Waals surface area contributed by atoms with E-state index < -0.39 is 5.91 Å². The first-order chi connectivity index (χ1) is 13.4. The molecular weight excluding hydrogens is 421 g/mol. The Morgan fingerprint density at radius 2 is 1.82 bits per heavy atom. The minimum atomic E-state index is -0.438. The van der Waals surface area contributed by atoms with E-state index in [4.69, 9.17) is 23.2 Å². The molecule has 0 radical (unpaired) electrons. The second-order valence-corrected chi connectivity index (χ2v) is 7.96. The van der Waals surface area contributed by atoms with Crippen LogP contribution < -0.4 is 10.2 Å². The van der Waals surface area contributed by atoms with Crippen molar-refractivity contribution >= 4 is 64.1 Å². The van der Waals surface area contributed by atoms with Crippen LogP contribution in [0.25, 0.3) is 0 Å². The highest BCUT2D eigenvalue weighted by Gasteiger charge is 2.27. The Bertz CT molecular complexity index is 918. The van der Waals surface area contributed by atoms with Crippen molar-refractivity contribution in [2.75, 3.05) is 36.1 Å². The maximum Gasteiger partial charge on any atom is 0.244 e. The number of para-hydroxylation sites is 2. The molecule has 3 amide bonds. The fraction of sp³-hybridized carbons (Fsp3) is 0.211. The molecule has 2 aromatic rings. The van der Waals surface area contributed by atoms with Crippen molar-refractivity contribution < 1.29 is 14.4 Å². The number of nitrogens with zero attached hydrogens (tertiary/aromatic N) is 2. The largest absolute Gasteiger partial charge is 0.335 e. The molecule has 0 atom stereocenters. The van der Waals surface area contributed by atoms with Gasteiger partial charge in [0, 0.05) is 11.9 Å². The molecule has 0 saturated carbocycles. The van der Waals surface area contributed by atoms with E-state index in [1.807, 2.05) is 18.2 Å². The first kappa shape index (κ1) is 20.5. The standard InChI is InChI=1S/C19H17Cl2N3O3S/c1-23(9-16(25)22-19-12(20)5-4-6-13(19)21)17(26)10-24-14-7-2-3-8-15(14)28-11-18(24)27/h2-8H,9-11H2,1H3,(H,22,25). The highest BCUT2D eigenvalue weighted by Crippen LogP contribution is 2.34. The molecule has 9 heteroatoms. The SMILES string of the molecule is CN(CC(=O)Nc1c(Cl)cccc1Cl)C(=O)CN1C(=O)CSc2ccccc21. The first-order valence-corrected chi connectivity index (χ1v) is 10.1. The molecule has 0 aromatic heterocycles. The molecule has 0 saturated heterocycles. The number of carbonyl (C=O) groups excluding carboxylic acids is 3. The Hall–Kier alpha value is -2.22. The van der Waals surface area contributed by atoms with Gasteiger partial charge in [-0.05, 0) is 24.3 Å². The van der Waals surface area contributed by atoms with Crippen LogP contribution in [0.1, 0.15) is 0 Å². The normalized spacial score (nSPS) is 13.1. The molecule has 1 heterocycles. The minimum absolute atomic E-state index is 0.132. The average Bonchev–Trinajstić information content (AvgIpc) is 2.67. The van der Waals surface area contributed by atoms with E-state index in [0.717, 1.165) is 4.90 Å². The van der Waals surface area contributed by atoms with Crippen molar-refractivity contribution in [3.05, 3.63) is 52.5 Å². The molecule has 1 aliphatic heterocycles. The van der Waals surface area contributed by atoms with Crippen LogP contribution in [0.5, 0.6) is 0 Å². The van der Waals surface area contributed by atoms with Crippen molar-refractivity contribution in [2.45, 2.75) is 4.90 Å². The Kier molecular flexibility index (Phi) is 6.49. The third-order valence-corrected chi connectivity index (χ3v) is 5.81. The van der Waals surface area contributed by atoms with E-state index in [0.29, 0.717) is 21.4 Å². The van der Waals surface area contributed by atoms with Gasteiger partial charge < -0.3 is 15.1 Å². The zero-order valence-corrected chi connectivity index (χ0v) is 17.3. The summed E-state index contributed by atoms with van der Waals surface area (Å²) in [7, 11) is 1.51. The highest BCUT2D eigenvalue weighted by atomic mass is 35.5. The summed E-state index contributed by atoms with van der Waals surface area (Å²) in [5, 5.41) is 3.23. The smallest absolute Gasteiger partial charge is 0.244 e. The highest BCUT2D eigenvalue weighted by molar-refractivity contribution is 8.00. The maximum absolute atomic E-state index is 12.6. The molecule has 146 valence electrons. The molecule has 1 N–H and O–H groups in total. The molecule has 3 rings (SSSR count). The van der Waals surface area contributed by atoms with Crippen molar-refractivity contribution in [1.29, 1.82) is 0 Å². The monoisotopic (exact) mass is 437 g/mol. The number of nitrogens with one attached hydrogen (secondary N) is 1. The number of hydrogen-bond acceptors (Lipinski definition) is 4. The van der Waals surface area contributed by atoms with Crippen LogP contribution in [0.3, 0.4) is 0 Å². The van der Waals surface area contributed by atoms with Crippen LogP contribution in [0.2, 0.25) is 10.0 Å². The van der Waals surface area contributed by atoms with E-state index in [9.17, 15) is 14.4 Å². The summed E-state index contributed by atoms with van der Waals surface area (Å²) in [6.07, 6.45) is 0. The van der Waals surface area contributed by atoms with Crippen LogP contribution in [0.15, 0.2) is 47.4 Å². The third-order valence-electron chi connectivity index (χ3n) is 4.14. The van der Waals surface area contributed by atoms with Gasteiger partial charge >= 0.3 is 0 Å². The molecule has 0 fully saturated rings. The Morgan fingerprint density at radius 3 is 2.54 bits per heavy atom. The summed E-state index contributed by atoms with van der Waals surface area (Å²) in [6, 6.07) is 12.3. The number of rotatable bonds is 5. The number of benzene rings is 2. The van der Waals surface area contributed by atoms with E-state index in [-0.39, 0.29) is 30.7 Å². The summed E-state index contributed by atoms with van der Waals surface area (Å²) in [5.74, 6) is -0.653. The number of likely N-dealkylation sites (N-methyl/N-ethyl adjacent to an activating group) is 1. The molecule has 6 nitrogen and oxygen atoms in total. The second-order valence-electron chi connectivity index (χ2n) is 6.13. The maximum atomic E-state index is 12.6. The fourth-order valence-electron chi connectivity index (χ4n) is 2.68. The molecule has 0 aliphatic carbocycles. The number of carbonyl (C=O) groups is 3. The quantitative estimate of drug-likeness (QED) is 0.776. The number of hydrogen-bond donors (Lipinski definition) is 1. The van der Waals surface area contributed by atoms with Crippen LogP contribution in [-0.2, 0) is 14.4 Å². The zero-order valence-electron chi connectivity index (χ0n) is 14.9. The average molecular weight is 438 g/mol. The summed E-state index contributed by atoms with van der Waals surface area (Å²) in [5.41, 5.74) is 1.01. The van der Waals surface area contributed by atoms with E-state index in [1.165, 1.54) is 28.6 Å². The van der Waals surface area contributed by atoms with Gasteiger partial charge in [-0.1, -0.05) is 41.4 Å². The lowest BCUT2D eigenvalue weighted by Crippen LogP contribution is -2.45. The molecule has 1 aliphatic rings. The Morgan fingerprint density at radius 1 is 1.14 bits per heavy atom. The van der Waals surface area contributed by atoms with Gasteiger partial charge in [0.05, 0.1) is 33.7 Å². The second kappa shape index (κ2) is 8.86. The molecule has 2 aromatic carbocycles. The topological polar surface area (TPSA) is 69.7 Å². The van der Waals surface area contributed by atoms with Gasteiger partial charge in [-0.2, -0.15) is 0 Å². The van der Waals surface area contributed by atoms with E-state index in [2.05, 4.69) is 5.32 Å². The summed E-state index contributed by atoms with van der Waals surface area (Å²) < 4.78 is 0. The van der Waals surface area contributed by atoms with Crippen LogP contribution in [0.4, 0.5) is 11.4 Å². The number of anilines is 2. The number of amides is 3. The van der Waals surface area contributed by atoms with Gasteiger partial charge in [-0.3, -0.25) is 14.4 Å². The van der Waals surface area contributed by atoms with Crippen molar-refractivity contribution in [1.82, 2.24) is 4.90 Å². The lowest BCUT2D eigenvalue weighted by Gasteiger charge is -2.29. The first-order valence-electron chi connectivity index (χ1n) is 8.37. The zero-order chi connectivity index (χ0) is 20.3. The number of fused-ring (bicyclic) bond motifs is 1. The van der Waals surface area contributed by atoms with Crippen LogP contribution in [-0.4, -0.2) is 48.5 Å². The van der Waals surface area contributed by atoms with E-state index in [1.54, 1.807) is 24.3 Å². The number of halogens is 2. The minimum Gasteiger partial charge on any atom is -0.335 e. The third kappa shape index (κ3) is 4.60. The summed E-state index contributed by atoms with van der Waals surface area (Å²) >= 11 is 13.5. The van der Waals surface area contributed by atoms with E-state index >= 15 is 0 Å². The Balaban J connectivity index is 1.63. The molecule has 0 unspecified atom stereocenters. The lowest BCUT2D eigenvalue weighted by molar-refractivity contribution is -0.133. The predicted octanol–water partition coefficient (Wildman–Crippen LogP) is 3.53. The lowest BCUT2D eigenvalue weighted by atomic mass is 10.2. The fourth-order valence-corrected chi connectivity index (χ4v) is 4.11. The van der Waals surface area contributed by atoms with Crippen molar-refractivity contribution in [3.8, 4) is 0 Å². The molecule has 28 heavy (non-hydrogen) atoms. The van der Waals surface area contributed by atoms with Crippen molar-refractivity contribution in [3.63, 3.8) is 0 Å². The van der Waals surface area contributed by atoms with Crippen LogP contribution >= 0.6 is 35.0 Å². The van der Waals surface area contributed by atoms with Gasteiger partial charge in [-0.25, -0.2) is 0 Å². The van der Waals surface area contributed by atoms with Gasteiger partial charge in [-0.15, -0.1) is 11.8 Å². The van der Waals surface area contributed by atoms with Crippen molar-refractivity contribution in [2.24, 2.45) is 0 Å². The summed E-state index contributed by atoms with van der Waals surface area (Å²) in [6.45, 7) is -0.328. The predicted molar refractivity (Wildman–Crippen MR) is 112 cm³/mol. The summed E-state index contributed by atoms with van der Waals surface area (Å²) in [4.78, 5) is 40.8.